The van der Waals surface area contributed by atoms with Gasteiger partial charge in [0.15, 0.2) is 0 Å². The van der Waals surface area contributed by atoms with Crippen LogP contribution in [0.15, 0.2) is 24.3 Å². The molecule has 1 aliphatic heterocycles. The summed E-state index contributed by atoms with van der Waals surface area (Å²) in [6.45, 7) is 2.34. The third-order valence-electron chi connectivity index (χ3n) is 3.16. The monoisotopic (exact) mass is 221 g/mol. The van der Waals surface area contributed by atoms with Gasteiger partial charge in [0, 0.05) is 0 Å². The number of rotatable bonds is 3. The molecule has 0 aliphatic carbocycles. The summed E-state index contributed by atoms with van der Waals surface area (Å²) < 4.78 is 0. The molecule has 1 nitrogen and oxygen atoms in total. The average molecular weight is 221 g/mol. The summed E-state index contributed by atoms with van der Waals surface area (Å²) >= 11 is 4.28. The molecular formula is C13H19NS. The van der Waals surface area contributed by atoms with E-state index in [4.69, 9.17) is 0 Å². The lowest BCUT2D eigenvalue weighted by atomic mass is 9.89. The molecule has 0 saturated carbocycles. The molecule has 0 aromatic heterocycles. The van der Waals surface area contributed by atoms with E-state index < -0.39 is 0 Å². The molecule has 1 aliphatic rings. The van der Waals surface area contributed by atoms with Crippen LogP contribution in [0, 0.1) is 0 Å². The van der Waals surface area contributed by atoms with Crippen LogP contribution in [0.25, 0.3) is 0 Å². The van der Waals surface area contributed by atoms with Gasteiger partial charge in [-0.25, -0.2) is 0 Å². The first-order chi connectivity index (χ1) is 7.40. The van der Waals surface area contributed by atoms with Crippen LogP contribution in [-0.2, 0) is 6.42 Å². The first-order valence-electron chi connectivity index (χ1n) is 5.80. The predicted molar refractivity (Wildman–Crippen MR) is 68.8 cm³/mol. The normalized spacial score (nSPS) is 17.9. The van der Waals surface area contributed by atoms with Gasteiger partial charge in [-0.1, -0.05) is 24.3 Å². The molecule has 0 atom stereocenters. The highest BCUT2D eigenvalue weighted by atomic mass is 32.1. The Morgan fingerprint density at radius 3 is 2.80 bits per heavy atom. The predicted octanol–water partition coefficient (Wildman–Crippen LogP) is 2.63. The molecule has 0 bridgehead atoms. The van der Waals surface area contributed by atoms with Gasteiger partial charge in [-0.3, -0.25) is 0 Å². The van der Waals surface area contributed by atoms with E-state index in [-0.39, 0.29) is 0 Å². The van der Waals surface area contributed by atoms with E-state index in [1.165, 1.54) is 37.1 Å². The Labute approximate surface area is 97.7 Å². The second-order valence-corrected chi connectivity index (χ2v) is 4.69. The number of hydrogen-bond donors (Lipinski definition) is 2. The maximum atomic E-state index is 4.28. The van der Waals surface area contributed by atoms with Crippen LogP contribution in [0.2, 0.25) is 0 Å². The summed E-state index contributed by atoms with van der Waals surface area (Å²) in [4.78, 5) is 0. The van der Waals surface area contributed by atoms with Crippen LogP contribution >= 0.6 is 12.6 Å². The average Bonchev–Trinajstić information content (AvgIpc) is 2.31. The molecule has 0 spiro atoms. The number of piperidine rings is 1. The number of hydrogen-bond acceptors (Lipinski definition) is 2. The molecule has 1 aromatic carbocycles. The molecule has 1 heterocycles. The van der Waals surface area contributed by atoms with Gasteiger partial charge in [-0.15, -0.1) is 0 Å². The van der Waals surface area contributed by atoms with E-state index >= 15 is 0 Å². The molecule has 0 unspecified atom stereocenters. The van der Waals surface area contributed by atoms with Crippen molar-refractivity contribution >= 4 is 12.6 Å². The molecule has 0 amide bonds. The van der Waals surface area contributed by atoms with E-state index in [9.17, 15) is 0 Å². The van der Waals surface area contributed by atoms with Crippen molar-refractivity contribution in [2.75, 3.05) is 18.8 Å². The lowest BCUT2D eigenvalue weighted by Gasteiger charge is -2.23. The topological polar surface area (TPSA) is 12.0 Å². The number of benzene rings is 1. The van der Waals surface area contributed by atoms with Crippen molar-refractivity contribution in [3.05, 3.63) is 35.4 Å². The van der Waals surface area contributed by atoms with Crippen LogP contribution in [0.5, 0.6) is 0 Å². The summed E-state index contributed by atoms with van der Waals surface area (Å²) in [6.07, 6.45) is 3.65. The van der Waals surface area contributed by atoms with Gasteiger partial charge >= 0.3 is 0 Å². The fourth-order valence-electron chi connectivity index (χ4n) is 2.29. The lowest BCUT2D eigenvalue weighted by Crippen LogP contribution is -2.26. The lowest BCUT2D eigenvalue weighted by molar-refractivity contribution is 0.460. The first kappa shape index (κ1) is 11.0. The fraction of sp³-hybridized carbons (Fsp3) is 0.538. The summed E-state index contributed by atoms with van der Waals surface area (Å²) in [6, 6.07) is 9.04. The maximum Gasteiger partial charge on any atom is -0.00431 e. The van der Waals surface area contributed by atoms with Crippen molar-refractivity contribution in [1.82, 2.24) is 5.32 Å². The molecule has 2 heteroatoms. The maximum absolute atomic E-state index is 4.28. The molecule has 1 aromatic rings. The third-order valence-corrected chi connectivity index (χ3v) is 3.39. The smallest absolute Gasteiger partial charge is 0.00431 e. The van der Waals surface area contributed by atoms with Crippen LogP contribution in [0.3, 0.4) is 0 Å². The molecule has 82 valence electrons. The molecule has 1 N–H and O–H groups in total. The van der Waals surface area contributed by atoms with Crippen LogP contribution in [-0.4, -0.2) is 18.8 Å². The molecule has 2 rings (SSSR count). The van der Waals surface area contributed by atoms with E-state index in [1.54, 1.807) is 0 Å². The number of thiol groups is 1. The van der Waals surface area contributed by atoms with E-state index in [2.05, 4.69) is 42.2 Å². The summed E-state index contributed by atoms with van der Waals surface area (Å²) in [5.74, 6) is 1.71. The van der Waals surface area contributed by atoms with Crippen molar-refractivity contribution in [2.24, 2.45) is 0 Å². The van der Waals surface area contributed by atoms with E-state index in [0.29, 0.717) is 0 Å². The zero-order valence-electron chi connectivity index (χ0n) is 9.08. The van der Waals surface area contributed by atoms with Crippen molar-refractivity contribution in [3.8, 4) is 0 Å². The van der Waals surface area contributed by atoms with Gasteiger partial charge in [0.25, 0.3) is 0 Å². The van der Waals surface area contributed by atoms with Crippen molar-refractivity contribution in [2.45, 2.75) is 25.2 Å². The second kappa shape index (κ2) is 5.57. The molecule has 15 heavy (non-hydrogen) atoms. The summed E-state index contributed by atoms with van der Waals surface area (Å²) in [5, 5.41) is 3.41. The van der Waals surface area contributed by atoms with Crippen molar-refractivity contribution < 1.29 is 0 Å². The quantitative estimate of drug-likeness (QED) is 0.748. The molecular weight excluding hydrogens is 202 g/mol. The molecule has 1 fully saturated rings. The highest BCUT2D eigenvalue weighted by molar-refractivity contribution is 7.80. The minimum Gasteiger partial charge on any atom is -0.317 e. The standard InChI is InChI=1S/C13H19NS/c15-9-6-11-2-1-3-13(10-11)12-4-7-14-8-5-12/h1-3,10,12,14-15H,4-9H2. The summed E-state index contributed by atoms with van der Waals surface area (Å²) in [7, 11) is 0. The summed E-state index contributed by atoms with van der Waals surface area (Å²) in [5.41, 5.74) is 2.96. The Kier molecular flexibility index (Phi) is 4.09. The fourth-order valence-corrected chi connectivity index (χ4v) is 2.55. The first-order valence-corrected chi connectivity index (χ1v) is 6.44. The largest absolute Gasteiger partial charge is 0.317 e. The highest BCUT2D eigenvalue weighted by Gasteiger charge is 2.14. The second-order valence-electron chi connectivity index (χ2n) is 4.24. The Balaban J connectivity index is 2.09. The van der Waals surface area contributed by atoms with Crippen molar-refractivity contribution in [1.29, 1.82) is 0 Å². The van der Waals surface area contributed by atoms with E-state index in [1.807, 2.05) is 0 Å². The third kappa shape index (κ3) is 2.99. The number of nitrogens with one attached hydrogen (secondary N) is 1. The highest BCUT2D eigenvalue weighted by Crippen LogP contribution is 2.25. The van der Waals surface area contributed by atoms with Crippen LogP contribution < -0.4 is 5.32 Å². The zero-order valence-corrected chi connectivity index (χ0v) is 9.97. The number of aryl methyl sites for hydroxylation is 1. The minimum absolute atomic E-state index is 0.770. The van der Waals surface area contributed by atoms with Gasteiger partial charge in [-0.2, -0.15) is 12.6 Å². The zero-order chi connectivity index (χ0) is 10.5. The minimum atomic E-state index is 0.770. The van der Waals surface area contributed by atoms with Crippen LogP contribution in [0.4, 0.5) is 0 Å². The van der Waals surface area contributed by atoms with Gasteiger partial charge in [0.1, 0.15) is 0 Å². The van der Waals surface area contributed by atoms with Crippen molar-refractivity contribution in [3.63, 3.8) is 0 Å². The van der Waals surface area contributed by atoms with Gasteiger partial charge in [0.2, 0.25) is 0 Å². The Bertz CT molecular complexity index is 305. The molecule has 0 radical (unpaired) electrons. The van der Waals surface area contributed by atoms with Gasteiger partial charge < -0.3 is 5.32 Å². The van der Waals surface area contributed by atoms with Crippen LogP contribution in [0.1, 0.15) is 29.9 Å². The van der Waals surface area contributed by atoms with Gasteiger partial charge in [0.05, 0.1) is 0 Å². The Hall–Kier alpha value is -0.470. The SMILES string of the molecule is SCCc1cccc(C2CCNCC2)c1. The van der Waals surface area contributed by atoms with E-state index in [0.717, 1.165) is 18.1 Å². The Morgan fingerprint density at radius 1 is 1.27 bits per heavy atom. The van der Waals surface area contributed by atoms with Gasteiger partial charge in [-0.05, 0) is 55.1 Å². The Morgan fingerprint density at radius 2 is 2.07 bits per heavy atom. The molecule has 1 saturated heterocycles.